The van der Waals surface area contributed by atoms with E-state index in [1.165, 1.54) is 6.08 Å². The third kappa shape index (κ3) is 7.30. The molecule has 2 atom stereocenters. The Bertz CT molecular complexity index is 506. The van der Waals surface area contributed by atoms with Gasteiger partial charge < -0.3 is 19.9 Å². The first-order chi connectivity index (χ1) is 10.6. The van der Waals surface area contributed by atoms with Gasteiger partial charge in [0.15, 0.2) is 0 Å². The number of rotatable bonds is 7. The van der Waals surface area contributed by atoms with E-state index in [1.54, 1.807) is 27.7 Å². The minimum atomic E-state index is -1.31. The summed E-state index contributed by atoms with van der Waals surface area (Å²) in [5, 5.41) is 13.0. The molecule has 0 aliphatic rings. The predicted molar refractivity (Wildman–Crippen MR) is 90.1 cm³/mol. The Labute approximate surface area is 138 Å². The molecule has 0 saturated carbocycles. The molecule has 1 amide bonds. The molecule has 5 nitrogen and oxygen atoms in total. The first-order valence-electron chi connectivity index (χ1n) is 7.61. The van der Waals surface area contributed by atoms with Gasteiger partial charge in [0.05, 0.1) is 19.3 Å². The zero-order valence-electron chi connectivity index (χ0n) is 14.3. The number of alkyl carbamates (subject to hydrolysis) is 1. The lowest BCUT2D eigenvalue weighted by Gasteiger charge is -2.31. The van der Waals surface area contributed by atoms with Gasteiger partial charge >= 0.3 is 6.09 Å². The highest BCUT2D eigenvalue weighted by Crippen LogP contribution is 2.14. The van der Waals surface area contributed by atoms with Gasteiger partial charge in [-0.15, -0.1) is 6.58 Å². The van der Waals surface area contributed by atoms with Crippen LogP contribution in [0, 0.1) is 0 Å². The first-order valence-corrected chi connectivity index (χ1v) is 7.61. The van der Waals surface area contributed by atoms with Crippen molar-refractivity contribution in [3.63, 3.8) is 0 Å². The van der Waals surface area contributed by atoms with Gasteiger partial charge in [-0.1, -0.05) is 36.4 Å². The lowest BCUT2D eigenvalue weighted by Crippen LogP contribution is -2.53. The average molecular weight is 321 g/mol. The minimum absolute atomic E-state index is 0.132. The van der Waals surface area contributed by atoms with E-state index in [9.17, 15) is 9.90 Å². The quantitative estimate of drug-likeness (QED) is 0.758. The molecule has 1 aromatic carbocycles. The fourth-order valence-electron chi connectivity index (χ4n) is 1.82. The maximum Gasteiger partial charge on any atom is 0.408 e. The van der Waals surface area contributed by atoms with E-state index < -0.39 is 23.3 Å². The smallest absolute Gasteiger partial charge is 0.408 e. The van der Waals surface area contributed by atoms with Crippen LogP contribution >= 0.6 is 0 Å². The molecule has 0 fully saturated rings. The number of carbonyl (C=O) groups is 1. The van der Waals surface area contributed by atoms with Crippen molar-refractivity contribution in [3.8, 4) is 0 Å². The van der Waals surface area contributed by atoms with Gasteiger partial charge in [0.1, 0.15) is 11.2 Å². The van der Waals surface area contributed by atoms with Gasteiger partial charge in [-0.3, -0.25) is 0 Å². The number of benzene rings is 1. The fourth-order valence-corrected chi connectivity index (χ4v) is 1.82. The van der Waals surface area contributed by atoms with Crippen LogP contribution in [0.4, 0.5) is 4.79 Å². The maximum absolute atomic E-state index is 11.9. The molecule has 2 unspecified atom stereocenters. The first kappa shape index (κ1) is 19.2. The number of ether oxygens (including phenoxy) is 2. The summed E-state index contributed by atoms with van der Waals surface area (Å²) in [5.74, 6) is 0. The van der Waals surface area contributed by atoms with Gasteiger partial charge in [0.25, 0.3) is 0 Å². The van der Waals surface area contributed by atoms with Gasteiger partial charge in [0.2, 0.25) is 0 Å². The van der Waals surface area contributed by atoms with Crippen molar-refractivity contribution < 1.29 is 19.4 Å². The number of amides is 1. The topological polar surface area (TPSA) is 67.8 Å². The van der Waals surface area contributed by atoms with E-state index in [0.29, 0.717) is 6.61 Å². The van der Waals surface area contributed by atoms with Crippen LogP contribution in [-0.4, -0.2) is 35.1 Å². The molecule has 0 saturated heterocycles. The van der Waals surface area contributed by atoms with E-state index in [-0.39, 0.29) is 6.61 Å². The third-order valence-electron chi connectivity index (χ3n) is 3.21. The second-order valence-electron chi connectivity index (χ2n) is 6.63. The van der Waals surface area contributed by atoms with Crippen LogP contribution < -0.4 is 5.32 Å². The summed E-state index contributed by atoms with van der Waals surface area (Å²) >= 11 is 0. The molecule has 0 aliphatic carbocycles. The molecule has 0 aromatic heterocycles. The largest absolute Gasteiger partial charge is 0.444 e. The monoisotopic (exact) mass is 321 g/mol. The van der Waals surface area contributed by atoms with Crippen molar-refractivity contribution in [1.82, 2.24) is 5.32 Å². The summed E-state index contributed by atoms with van der Waals surface area (Å²) in [6, 6.07) is 9.01. The standard InChI is InChI=1S/C18H27NO4/c1-6-18(5,21)15(19-16(20)23-17(2,3)4)13-22-12-14-10-8-7-9-11-14/h6-11,15,21H,1,12-13H2,2-5H3,(H,19,20). The van der Waals surface area contributed by atoms with Crippen molar-refractivity contribution in [2.45, 2.75) is 51.5 Å². The molecule has 128 valence electrons. The van der Waals surface area contributed by atoms with Crippen LogP contribution in [0.25, 0.3) is 0 Å². The molecular formula is C18H27NO4. The van der Waals surface area contributed by atoms with Crippen molar-refractivity contribution in [3.05, 3.63) is 48.6 Å². The maximum atomic E-state index is 11.9. The number of hydrogen-bond acceptors (Lipinski definition) is 4. The number of carbonyl (C=O) groups excluding carboxylic acids is 1. The highest BCUT2D eigenvalue weighted by molar-refractivity contribution is 5.68. The van der Waals surface area contributed by atoms with Gasteiger partial charge in [-0.25, -0.2) is 4.79 Å². The van der Waals surface area contributed by atoms with Gasteiger partial charge in [-0.2, -0.15) is 0 Å². The third-order valence-corrected chi connectivity index (χ3v) is 3.21. The summed E-state index contributed by atoms with van der Waals surface area (Å²) in [4.78, 5) is 11.9. The summed E-state index contributed by atoms with van der Waals surface area (Å²) in [6.45, 7) is 11.0. The van der Waals surface area contributed by atoms with Crippen LogP contribution in [0.5, 0.6) is 0 Å². The second-order valence-corrected chi connectivity index (χ2v) is 6.63. The average Bonchev–Trinajstić information content (AvgIpc) is 2.45. The summed E-state index contributed by atoms with van der Waals surface area (Å²) in [5.41, 5.74) is -0.908. The van der Waals surface area contributed by atoms with Crippen LogP contribution in [0.15, 0.2) is 43.0 Å². The Kier molecular flexibility index (Phi) is 6.79. The Balaban J connectivity index is 2.62. The zero-order valence-corrected chi connectivity index (χ0v) is 14.3. The van der Waals surface area contributed by atoms with Gasteiger partial charge in [-0.05, 0) is 33.3 Å². The molecule has 0 radical (unpaired) electrons. The van der Waals surface area contributed by atoms with E-state index in [1.807, 2.05) is 30.3 Å². The van der Waals surface area contributed by atoms with E-state index in [0.717, 1.165) is 5.56 Å². The van der Waals surface area contributed by atoms with E-state index in [4.69, 9.17) is 9.47 Å². The Morgan fingerprint density at radius 2 is 1.91 bits per heavy atom. The lowest BCUT2D eigenvalue weighted by atomic mass is 9.97. The highest BCUT2D eigenvalue weighted by atomic mass is 16.6. The van der Waals surface area contributed by atoms with Crippen molar-refractivity contribution in [2.24, 2.45) is 0 Å². The number of aliphatic hydroxyl groups is 1. The molecule has 0 spiro atoms. The summed E-state index contributed by atoms with van der Waals surface area (Å²) in [6.07, 6.45) is 0.772. The SMILES string of the molecule is C=CC(C)(O)C(COCc1ccccc1)NC(=O)OC(C)(C)C. The molecule has 0 bridgehead atoms. The second kappa shape index (κ2) is 8.13. The predicted octanol–water partition coefficient (Wildman–Crippen LogP) is 3.03. The Morgan fingerprint density at radius 1 is 1.30 bits per heavy atom. The lowest BCUT2D eigenvalue weighted by molar-refractivity contribution is -0.00285. The van der Waals surface area contributed by atoms with Crippen LogP contribution in [0.3, 0.4) is 0 Å². The molecule has 23 heavy (non-hydrogen) atoms. The van der Waals surface area contributed by atoms with Crippen LogP contribution in [-0.2, 0) is 16.1 Å². The molecule has 5 heteroatoms. The number of hydrogen-bond donors (Lipinski definition) is 2. The molecule has 1 rings (SSSR count). The molecule has 0 aliphatic heterocycles. The van der Waals surface area contributed by atoms with Gasteiger partial charge in [0, 0.05) is 0 Å². The van der Waals surface area contributed by atoms with Crippen LogP contribution in [0.2, 0.25) is 0 Å². The zero-order chi connectivity index (χ0) is 17.5. The summed E-state index contributed by atoms with van der Waals surface area (Å²) < 4.78 is 10.8. The Morgan fingerprint density at radius 3 is 2.43 bits per heavy atom. The molecular weight excluding hydrogens is 294 g/mol. The van der Waals surface area contributed by atoms with Crippen LogP contribution in [0.1, 0.15) is 33.3 Å². The normalized spacial score (nSPS) is 15.3. The van der Waals surface area contributed by atoms with Crippen molar-refractivity contribution in [2.75, 3.05) is 6.61 Å². The molecule has 0 heterocycles. The number of nitrogens with one attached hydrogen (secondary N) is 1. The van der Waals surface area contributed by atoms with Crippen molar-refractivity contribution in [1.29, 1.82) is 0 Å². The van der Waals surface area contributed by atoms with E-state index >= 15 is 0 Å². The molecule has 2 N–H and O–H groups in total. The summed E-state index contributed by atoms with van der Waals surface area (Å²) in [7, 11) is 0. The Hall–Kier alpha value is -1.85. The fraction of sp³-hybridized carbons (Fsp3) is 0.500. The van der Waals surface area contributed by atoms with E-state index in [2.05, 4.69) is 11.9 Å². The molecule has 1 aromatic rings. The minimum Gasteiger partial charge on any atom is -0.444 e. The highest BCUT2D eigenvalue weighted by Gasteiger charge is 2.32. The van der Waals surface area contributed by atoms with Crippen molar-refractivity contribution >= 4 is 6.09 Å².